The van der Waals surface area contributed by atoms with Crippen molar-refractivity contribution in [1.82, 2.24) is 19.7 Å². The molecule has 2 aromatic heterocycles. The summed E-state index contributed by atoms with van der Waals surface area (Å²) in [6.07, 6.45) is 8.92. The fraction of sp³-hybridized carbons (Fsp3) is 0.269. The van der Waals surface area contributed by atoms with Crippen LogP contribution in [0.2, 0.25) is 0 Å². The van der Waals surface area contributed by atoms with Gasteiger partial charge in [0.1, 0.15) is 11.5 Å². The Labute approximate surface area is 192 Å². The first-order chi connectivity index (χ1) is 16.1. The molecule has 0 bridgehead atoms. The average molecular weight is 440 g/mol. The number of rotatable bonds is 3. The average Bonchev–Trinajstić information content (AvgIpc) is 3.34. The second-order valence-corrected chi connectivity index (χ2v) is 9.13. The van der Waals surface area contributed by atoms with Crippen molar-refractivity contribution in [3.05, 3.63) is 78.5 Å². The summed E-state index contributed by atoms with van der Waals surface area (Å²) in [6, 6.07) is 12.6. The highest BCUT2D eigenvalue weighted by Crippen LogP contribution is 2.54. The zero-order valence-corrected chi connectivity index (χ0v) is 18.8. The fourth-order valence-corrected chi connectivity index (χ4v) is 5.15. The minimum atomic E-state index is -0.124. The van der Waals surface area contributed by atoms with Gasteiger partial charge in [-0.2, -0.15) is 5.10 Å². The van der Waals surface area contributed by atoms with Crippen molar-refractivity contribution in [2.75, 3.05) is 19.0 Å². The molecule has 0 saturated heterocycles. The molecule has 6 rings (SSSR count). The SMILES string of the molecule is COc1cccc2c1[C@H]1Nc3ccc(-n4cc(-c5cnccn5)cn4)cc3C(C)(C)[C@H]1CO2. The lowest BCUT2D eigenvalue weighted by Gasteiger charge is -2.48. The Bertz CT molecular complexity index is 1320. The van der Waals surface area contributed by atoms with Gasteiger partial charge in [-0.25, -0.2) is 4.68 Å². The van der Waals surface area contributed by atoms with Gasteiger partial charge in [0.15, 0.2) is 0 Å². The van der Waals surface area contributed by atoms with Crippen LogP contribution in [0.15, 0.2) is 67.4 Å². The van der Waals surface area contributed by atoms with E-state index in [1.54, 1.807) is 25.7 Å². The number of methoxy groups -OCH3 is 1. The molecular weight excluding hydrogens is 414 g/mol. The Kier molecular flexibility index (Phi) is 4.40. The quantitative estimate of drug-likeness (QED) is 0.495. The second kappa shape index (κ2) is 7.33. The van der Waals surface area contributed by atoms with E-state index in [4.69, 9.17) is 9.47 Å². The lowest BCUT2D eigenvalue weighted by Crippen LogP contribution is -2.46. The minimum Gasteiger partial charge on any atom is -0.496 e. The van der Waals surface area contributed by atoms with Crippen LogP contribution in [0.5, 0.6) is 11.5 Å². The number of benzene rings is 2. The molecule has 2 aliphatic heterocycles. The Morgan fingerprint density at radius 2 is 2.06 bits per heavy atom. The van der Waals surface area contributed by atoms with Gasteiger partial charge in [-0.15, -0.1) is 0 Å². The first-order valence-electron chi connectivity index (χ1n) is 11.1. The zero-order valence-electron chi connectivity index (χ0n) is 18.8. The summed E-state index contributed by atoms with van der Waals surface area (Å²) in [5.41, 5.74) is 6.10. The summed E-state index contributed by atoms with van der Waals surface area (Å²) in [6.45, 7) is 5.24. The highest BCUT2D eigenvalue weighted by molar-refractivity contribution is 5.65. The number of ether oxygens (including phenoxy) is 2. The first kappa shape index (κ1) is 19.8. The van der Waals surface area contributed by atoms with Crippen LogP contribution in [-0.4, -0.2) is 33.5 Å². The maximum Gasteiger partial charge on any atom is 0.128 e. The van der Waals surface area contributed by atoms with Gasteiger partial charge in [0.2, 0.25) is 0 Å². The first-order valence-corrected chi connectivity index (χ1v) is 11.1. The van der Waals surface area contributed by atoms with E-state index in [1.165, 1.54) is 5.56 Å². The molecule has 0 radical (unpaired) electrons. The van der Waals surface area contributed by atoms with Crippen LogP contribution in [0, 0.1) is 5.92 Å². The molecule has 0 amide bonds. The second-order valence-electron chi connectivity index (χ2n) is 9.13. The number of nitrogens with zero attached hydrogens (tertiary/aromatic N) is 4. The largest absolute Gasteiger partial charge is 0.496 e. The van der Waals surface area contributed by atoms with E-state index in [9.17, 15) is 0 Å². The van der Waals surface area contributed by atoms with Gasteiger partial charge >= 0.3 is 0 Å². The molecule has 7 nitrogen and oxygen atoms in total. The van der Waals surface area contributed by atoms with E-state index in [1.807, 2.05) is 35.3 Å². The number of fused-ring (bicyclic) bond motifs is 4. The van der Waals surface area contributed by atoms with Crippen LogP contribution in [0.4, 0.5) is 5.69 Å². The van der Waals surface area contributed by atoms with Gasteiger partial charge in [0.25, 0.3) is 0 Å². The molecule has 33 heavy (non-hydrogen) atoms. The van der Waals surface area contributed by atoms with Gasteiger partial charge in [0.05, 0.1) is 49.1 Å². The van der Waals surface area contributed by atoms with Gasteiger partial charge in [-0.1, -0.05) is 19.9 Å². The highest BCUT2D eigenvalue weighted by atomic mass is 16.5. The molecule has 1 N–H and O–H groups in total. The molecule has 0 aliphatic carbocycles. The summed E-state index contributed by atoms with van der Waals surface area (Å²) in [7, 11) is 1.72. The van der Waals surface area contributed by atoms with Crippen molar-refractivity contribution in [3.63, 3.8) is 0 Å². The number of hydrogen-bond donors (Lipinski definition) is 1. The molecule has 4 heterocycles. The Hall–Kier alpha value is -3.87. The van der Waals surface area contributed by atoms with Gasteiger partial charge in [-0.3, -0.25) is 9.97 Å². The van der Waals surface area contributed by atoms with Crippen molar-refractivity contribution in [1.29, 1.82) is 0 Å². The summed E-state index contributed by atoms with van der Waals surface area (Å²) < 4.78 is 13.8. The zero-order chi connectivity index (χ0) is 22.6. The summed E-state index contributed by atoms with van der Waals surface area (Å²) in [4.78, 5) is 8.53. The summed E-state index contributed by atoms with van der Waals surface area (Å²) >= 11 is 0. The number of aromatic nitrogens is 4. The predicted molar refractivity (Wildman–Crippen MR) is 126 cm³/mol. The van der Waals surface area contributed by atoms with Crippen LogP contribution in [0.3, 0.4) is 0 Å². The van der Waals surface area contributed by atoms with Crippen LogP contribution in [0.1, 0.15) is 31.0 Å². The normalized spacial score (nSPS) is 20.0. The molecule has 7 heteroatoms. The predicted octanol–water partition coefficient (Wildman–Crippen LogP) is 4.79. The molecule has 4 aromatic rings. The van der Waals surface area contributed by atoms with Crippen molar-refractivity contribution >= 4 is 5.69 Å². The van der Waals surface area contributed by atoms with Crippen LogP contribution < -0.4 is 14.8 Å². The van der Waals surface area contributed by atoms with Gasteiger partial charge in [0, 0.05) is 41.2 Å². The highest BCUT2D eigenvalue weighted by Gasteiger charge is 2.47. The summed E-state index contributed by atoms with van der Waals surface area (Å²) in [5.74, 6) is 2.00. The van der Waals surface area contributed by atoms with Gasteiger partial charge in [-0.05, 0) is 35.9 Å². The Balaban J connectivity index is 1.40. The number of hydrogen-bond acceptors (Lipinski definition) is 6. The molecule has 2 aromatic carbocycles. The van der Waals surface area contributed by atoms with Crippen molar-refractivity contribution in [3.8, 4) is 28.4 Å². The summed E-state index contributed by atoms with van der Waals surface area (Å²) in [5, 5.41) is 8.37. The molecular formula is C26H25N5O2. The molecule has 0 saturated carbocycles. The maximum atomic E-state index is 6.20. The minimum absolute atomic E-state index is 0.117. The third kappa shape index (κ3) is 3.07. The lowest BCUT2D eigenvalue weighted by atomic mass is 9.65. The van der Waals surface area contributed by atoms with Crippen LogP contribution >= 0.6 is 0 Å². The van der Waals surface area contributed by atoms with E-state index >= 15 is 0 Å². The topological polar surface area (TPSA) is 74.1 Å². The molecule has 0 unspecified atom stereocenters. The van der Waals surface area contributed by atoms with E-state index in [-0.39, 0.29) is 17.4 Å². The molecule has 2 aliphatic rings. The van der Waals surface area contributed by atoms with Crippen molar-refractivity contribution < 1.29 is 9.47 Å². The third-order valence-electron chi connectivity index (χ3n) is 7.02. The molecule has 0 fully saturated rings. The van der Waals surface area contributed by atoms with Crippen molar-refractivity contribution in [2.24, 2.45) is 5.92 Å². The standard InChI is InChI=1S/C26H25N5O2/c1-26(2)18-11-17(31-14-16(12-29-31)21-13-27-9-10-28-21)7-8-20(18)30-25-19(26)15-33-23-6-4-5-22(32-3)24(23)25/h4-14,19,25,30H,15H2,1-3H3/t19-,25-/m0/s1. The fourth-order valence-electron chi connectivity index (χ4n) is 5.15. The van der Waals surface area contributed by atoms with Crippen molar-refractivity contribution in [2.45, 2.75) is 25.3 Å². The van der Waals surface area contributed by atoms with Crippen LogP contribution in [0.25, 0.3) is 16.9 Å². The lowest BCUT2D eigenvalue weighted by molar-refractivity contribution is 0.133. The Morgan fingerprint density at radius 1 is 1.15 bits per heavy atom. The van der Waals surface area contributed by atoms with Gasteiger partial charge < -0.3 is 14.8 Å². The monoisotopic (exact) mass is 439 g/mol. The molecule has 0 spiro atoms. The number of anilines is 1. The smallest absolute Gasteiger partial charge is 0.128 e. The molecule has 2 atom stereocenters. The third-order valence-corrected chi connectivity index (χ3v) is 7.02. The Morgan fingerprint density at radius 3 is 2.88 bits per heavy atom. The van der Waals surface area contributed by atoms with E-state index in [0.29, 0.717) is 6.61 Å². The number of nitrogens with one attached hydrogen (secondary N) is 1. The van der Waals surface area contributed by atoms with E-state index in [2.05, 4.69) is 52.4 Å². The molecule has 166 valence electrons. The van der Waals surface area contributed by atoms with Crippen LogP contribution in [-0.2, 0) is 5.41 Å². The maximum absolute atomic E-state index is 6.20. The van der Waals surface area contributed by atoms with E-state index < -0.39 is 0 Å². The van der Waals surface area contributed by atoms with E-state index in [0.717, 1.165) is 39.7 Å².